The number of hydrogen-bond donors (Lipinski definition) is 2. The highest BCUT2D eigenvalue weighted by molar-refractivity contribution is 7.89. The number of methoxy groups -OCH3 is 1. The second-order valence-electron chi connectivity index (χ2n) is 6.78. The van der Waals surface area contributed by atoms with Crippen molar-refractivity contribution in [3.63, 3.8) is 0 Å². The summed E-state index contributed by atoms with van der Waals surface area (Å²) in [4.78, 5) is 3.50. The third kappa shape index (κ3) is 4.04. The van der Waals surface area contributed by atoms with Gasteiger partial charge in [0, 0.05) is 29.6 Å². The third-order valence-electron chi connectivity index (χ3n) is 5.05. The van der Waals surface area contributed by atoms with Gasteiger partial charge in [-0.15, -0.1) is 0 Å². The molecule has 0 aliphatic rings. The highest BCUT2D eigenvalue weighted by Gasteiger charge is 2.22. The van der Waals surface area contributed by atoms with Crippen molar-refractivity contribution < 1.29 is 13.2 Å². The number of H-pyrrole nitrogens is 1. The summed E-state index contributed by atoms with van der Waals surface area (Å²) in [6.07, 6.45) is 1.96. The maximum Gasteiger partial charge on any atom is 0.240 e. The van der Waals surface area contributed by atoms with Crippen molar-refractivity contribution in [3.8, 4) is 5.75 Å². The van der Waals surface area contributed by atoms with E-state index in [0.29, 0.717) is 5.75 Å². The van der Waals surface area contributed by atoms with E-state index in [1.165, 1.54) is 0 Å². The molecule has 0 radical (unpaired) electrons. The van der Waals surface area contributed by atoms with Crippen LogP contribution < -0.4 is 9.46 Å². The third-order valence-corrected chi connectivity index (χ3v) is 6.49. The monoisotopic (exact) mass is 406 g/mol. The number of aromatic amines is 1. The summed E-state index contributed by atoms with van der Waals surface area (Å²) in [5, 5.41) is 1.09. The van der Waals surface area contributed by atoms with Crippen LogP contribution in [-0.2, 0) is 10.0 Å². The second kappa shape index (κ2) is 8.11. The molecule has 0 saturated heterocycles. The molecule has 0 saturated carbocycles. The van der Waals surface area contributed by atoms with Crippen LogP contribution in [0.2, 0.25) is 0 Å². The fourth-order valence-electron chi connectivity index (χ4n) is 3.51. The van der Waals surface area contributed by atoms with Crippen molar-refractivity contribution in [2.45, 2.75) is 10.8 Å². The Kier molecular flexibility index (Phi) is 5.38. The summed E-state index contributed by atoms with van der Waals surface area (Å²) in [5.74, 6) is 0.491. The van der Waals surface area contributed by atoms with E-state index in [-0.39, 0.29) is 17.4 Å². The van der Waals surface area contributed by atoms with E-state index < -0.39 is 10.0 Å². The molecule has 29 heavy (non-hydrogen) atoms. The number of aromatic nitrogens is 1. The average Bonchev–Trinajstić information content (AvgIpc) is 3.19. The number of sulfonamides is 1. The Morgan fingerprint density at radius 2 is 1.62 bits per heavy atom. The van der Waals surface area contributed by atoms with E-state index in [1.54, 1.807) is 31.4 Å². The van der Waals surface area contributed by atoms with E-state index in [0.717, 1.165) is 22.0 Å². The molecule has 0 amide bonds. The Morgan fingerprint density at radius 3 is 2.34 bits per heavy atom. The van der Waals surface area contributed by atoms with Gasteiger partial charge in [-0.1, -0.05) is 48.5 Å². The van der Waals surface area contributed by atoms with Crippen molar-refractivity contribution in [3.05, 3.63) is 96.2 Å². The number of ether oxygens (including phenoxy) is 1. The minimum Gasteiger partial charge on any atom is -0.497 e. The van der Waals surface area contributed by atoms with Crippen LogP contribution in [0.15, 0.2) is 90.0 Å². The quantitative estimate of drug-likeness (QED) is 0.481. The van der Waals surface area contributed by atoms with Crippen molar-refractivity contribution in [2.24, 2.45) is 0 Å². The molecule has 0 fully saturated rings. The zero-order valence-electron chi connectivity index (χ0n) is 16.0. The molecular weight excluding hydrogens is 384 g/mol. The predicted molar refractivity (Wildman–Crippen MR) is 115 cm³/mol. The summed E-state index contributed by atoms with van der Waals surface area (Å²) in [6.45, 7) is 0.250. The molecule has 4 rings (SSSR count). The number of fused-ring (bicyclic) bond motifs is 1. The molecule has 1 aromatic heterocycles. The van der Waals surface area contributed by atoms with Gasteiger partial charge < -0.3 is 9.72 Å². The molecule has 5 nitrogen and oxygen atoms in total. The molecule has 0 bridgehead atoms. The molecule has 0 unspecified atom stereocenters. The van der Waals surface area contributed by atoms with Crippen LogP contribution in [0.4, 0.5) is 0 Å². The van der Waals surface area contributed by atoms with Crippen LogP contribution in [0.25, 0.3) is 10.9 Å². The maximum absolute atomic E-state index is 12.8. The maximum atomic E-state index is 12.8. The lowest BCUT2D eigenvalue weighted by molar-refractivity contribution is 0.414. The van der Waals surface area contributed by atoms with E-state index >= 15 is 0 Å². The summed E-state index contributed by atoms with van der Waals surface area (Å²) >= 11 is 0. The van der Waals surface area contributed by atoms with Crippen LogP contribution in [0.1, 0.15) is 17.0 Å². The normalized spacial score (nSPS) is 12.7. The number of para-hydroxylation sites is 1. The Labute approximate surface area is 170 Å². The van der Waals surface area contributed by atoms with Crippen molar-refractivity contribution >= 4 is 20.9 Å². The van der Waals surface area contributed by atoms with Gasteiger partial charge in [0.15, 0.2) is 0 Å². The van der Waals surface area contributed by atoms with Crippen LogP contribution in [0.5, 0.6) is 5.75 Å². The SMILES string of the molecule is COc1ccc(S(=O)(=O)NC[C@H](c2ccccc2)c2c[nH]c3ccccc23)cc1. The van der Waals surface area contributed by atoms with Crippen LogP contribution in [-0.4, -0.2) is 27.1 Å². The highest BCUT2D eigenvalue weighted by atomic mass is 32.2. The first-order chi connectivity index (χ1) is 14.1. The largest absolute Gasteiger partial charge is 0.497 e. The minimum absolute atomic E-state index is 0.125. The molecule has 2 N–H and O–H groups in total. The van der Waals surface area contributed by atoms with Gasteiger partial charge >= 0.3 is 0 Å². The predicted octanol–water partition coefficient (Wildman–Crippen LogP) is 4.29. The Balaban J connectivity index is 1.66. The van der Waals surface area contributed by atoms with Gasteiger partial charge in [0.2, 0.25) is 10.0 Å². The van der Waals surface area contributed by atoms with Gasteiger partial charge in [0.1, 0.15) is 5.75 Å². The molecule has 0 spiro atoms. The molecular formula is C23H22N2O3S. The number of hydrogen-bond acceptors (Lipinski definition) is 3. The summed E-state index contributed by atoms with van der Waals surface area (Å²) in [6, 6.07) is 24.3. The van der Waals surface area contributed by atoms with E-state index in [9.17, 15) is 8.42 Å². The summed E-state index contributed by atoms with van der Waals surface area (Å²) < 4.78 is 33.6. The molecule has 3 aromatic carbocycles. The van der Waals surface area contributed by atoms with Gasteiger partial charge in [-0.05, 0) is 41.5 Å². The molecule has 0 aliphatic heterocycles. The first kappa shape index (κ1) is 19.2. The van der Waals surface area contributed by atoms with E-state index in [2.05, 4.69) is 15.8 Å². The Hall–Kier alpha value is -3.09. The molecule has 4 aromatic rings. The summed E-state index contributed by atoms with van der Waals surface area (Å²) in [7, 11) is -2.10. The minimum atomic E-state index is -3.65. The van der Waals surface area contributed by atoms with Gasteiger partial charge in [0.25, 0.3) is 0 Å². The highest BCUT2D eigenvalue weighted by Crippen LogP contribution is 2.30. The number of nitrogens with one attached hydrogen (secondary N) is 2. The van der Waals surface area contributed by atoms with Crippen LogP contribution in [0.3, 0.4) is 0 Å². The molecule has 1 atom stereocenters. The zero-order valence-corrected chi connectivity index (χ0v) is 16.8. The molecule has 6 heteroatoms. The van der Waals surface area contributed by atoms with Gasteiger partial charge in [-0.25, -0.2) is 13.1 Å². The molecule has 0 aliphatic carbocycles. The Morgan fingerprint density at radius 1 is 0.931 bits per heavy atom. The standard InChI is InChI=1S/C23H22N2O3S/c1-28-18-11-13-19(14-12-18)29(26,27)25-16-21(17-7-3-2-4-8-17)22-15-24-23-10-6-5-9-20(22)23/h2-15,21,24-25H,16H2,1H3/t21-/m1/s1. The lowest BCUT2D eigenvalue weighted by atomic mass is 9.91. The number of benzene rings is 3. The van der Waals surface area contributed by atoms with Crippen molar-refractivity contribution in [2.75, 3.05) is 13.7 Å². The van der Waals surface area contributed by atoms with Gasteiger partial charge in [-0.3, -0.25) is 0 Å². The smallest absolute Gasteiger partial charge is 0.240 e. The van der Waals surface area contributed by atoms with E-state index in [1.807, 2.05) is 54.7 Å². The first-order valence-electron chi connectivity index (χ1n) is 9.33. The molecule has 1 heterocycles. The average molecular weight is 407 g/mol. The summed E-state index contributed by atoms with van der Waals surface area (Å²) in [5.41, 5.74) is 3.14. The topological polar surface area (TPSA) is 71.2 Å². The molecule has 148 valence electrons. The lowest BCUT2D eigenvalue weighted by Gasteiger charge is -2.18. The fraction of sp³-hybridized carbons (Fsp3) is 0.130. The van der Waals surface area contributed by atoms with Gasteiger partial charge in [0.05, 0.1) is 12.0 Å². The van der Waals surface area contributed by atoms with Crippen LogP contribution >= 0.6 is 0 Å². The Bertz CT molecular complexity index is 1200. The van der Waals surface area contributed by atoms with Crippen molar-refractivity contribution in [1.82, 2.24) is 9.71 Å². The van der Waals surface area contributed by atoms with E-state index in [4.69, 9.17) is 4.74 Å². The van der Waals surface area contributed by atoms with Crippen LogP contribution in [0, 0.1) is 0 Å². The zero-order chi connectivity index (χ0) is 20.3. The second-order valence-corrected chi connectivity index (χ2v) is 8.55. The van der Waals surface area contributed by atoms with Gasteiger partial charge in [-0.2, -0.15) is 0 Å². The number of rotatable bonds is 7. The first-order valence-corrected chi connectivity index (χ1v) is 10.8. The van der Waals surface area contributed by atoms with Crippen molar-refractivity contribution in [1.29, 1.82) is 0 Å². The lowest BCUT2D eigenvalue weighted by Crippen LogP contribution is -2.29. The fourth-order valence-corrected chi connectivity index (χ4v) is 4.55.